The predicted octanol–water partition coefficient (Wildman–Crippen LogP) is 18.4. The summed E-state index contributed by atoms with van der Waals surface area (Å²) in [6.45, 7) is 6.35. The van der Waals surface area contributed by atoms with Gasteiger partial charge in [-0.25, -0.2) is 0 Å². The van der Waals surface area contributed by atoms with Gasteiger partial charge in [-0.05, 0) is 103 Å². The second kappa shape index (κ2) is 55.9. The van der Waals surface area contributed by atoms with Crippen LogP contribution in [0.1, 0.15) is 213 Å². The van der Waals surface area contributed by atoms with E-state index in [-0.39, 0.29) is 44.0 Å². The Morgan fingerprint density at radius 3 is 1.12 bits per heavy atom. The minimum Gasteiger partial charge on any atom is -0.462 e. The lowest BCUT2D eigenvalue weighted by molar-refractivity contribution is -0.167. The summed E-state index contributed by atoms with van der Waals surface area (Å²) in [7, 11) is 0. The summed E-state index contributed by atoms with van der Waals surface area (Å²) in [5, 5.41) is 0. The van der Waals surface area contributed by atoms with E-state index in [9.17, 15) is 14.4 Å². The zero-order valence-corrected chi connectivity index (χ0v) is 44.0. The number of unbranched alkanes of at least 4 members (excludes halogenated alkanes) is 18. The Kier molecular flexibility index (Phi) is 52.1. The molecule has 6 heteroatoms. The van der Waals surface area contributed by atoms with Crippen LogP contribution in [0.3, 0.4) is 0 Å². The molecular formula is C63H98O6. The van der Waals surface area contributed by atoms with Crippen LogP contribution in [-0.2, 0) is 28.6 Å². The Morgan fingerprint density at radius 1 is 0.319 bits per heavy atom. The van der Waals surface area contributed by atoms with Crippen molar-refractivity contribution in [2.24, 2.45) is 0 Å². The molecule has 0 spiro atoms. The van der Waals surface area contributed by atoms with Crippen molar-refractivity contribution in [3.8, 4) is 0 Å². The Balaban J connectivity index is 4.62. The largest absolute Gasteiger partial charge is 0.462 e. The number of hydrogen-bond donors (Lipinski definition) is 0. The number of carbonyl (C=O) groups is 3. The van der Waals surface area contributed by atoms with Crippen molar-refractivity contribution in [2.75, 3.05) is 13.2 Å². The summed E-state index contributed by atoms with van der Waals surface area (Å²) in [6, 6.07) is 0. The normalized spacial score (nSPS) is 13.3. The van der Waals surface area contributed by atoms with Crippen LogP contribution in [0.25, 0.3) is 0 Å². The minimum absolute atomic E-state index is 0.123. The van der Waals surface area contributed by atoms with Gasteiger partial charge in [0.25, 0.3) is 0 Å². The Bertz CT molecular complexity index is 1560. The molecule has 0 aromatic heterocycles. The van der Waals surface area contributed by atoms with E-state index in [0.29, 0.717) is 19.3 Å². The van der Waals surface area contributed by atoms with E-state index in [1.54, 1.807) is 0 Å². The summed E-state index contributed by atoms with van der Waals surface area (Å²) < 4.78 is 16.7. The summed E-state index contributed by atoms with van der Waals surface area (Å²) >= 11 is 0. The van der Waals surface area contributed by atoms with Crippen LogP contribution in [0.2, 0.25) is 0 Å². The highest BCUT2D eigenvalue weighted by atomic mass is 16.6. The third-order valence-corrected chi connectivity index (χ3v) is 11.0. The Hall–Kier alpha value is -4.71. The van der Waals surface area contributed by atoms with E-state index >= 15 is 0 Å². The molecule has 1 atom stereocenters. The predicted molar refractivity (Wildman–Crippen MR) is 297 cm³/mol. The molecule has 0 aliphatic carbocycles. The maximum Gasteiger partial charge on any atom is 0.306 e. The molecule has 0 aromatic rings. The molecule has 0 fully saturated rings. The number of carbonyl (C=O) groups excluding carboxylic acids is 3. The molecule has 0 heterocycles. The summed E-state index contributed by atoms with van der Waals surface area (Å²) in [4.78, 5) is 38.1. The van der Waals surface area contributed by atoms with Crippen molar-refractivity contribution in [2.45, 2.75) is 219 Å². The summed E-state index contributed by atoms with van der Waals surface area (Å²) in [5.41, 5.74) is 0. The van der Waals surface area contributed by atoms with E-state index < -0.39 is 6.10 Å². The van der Waals surface area contributed by atoms with Crippen LogP contribution in [0.4, 0.5) is 0 Å². The average molecular weight is 951 g/mol. The van der Waals surface area contributed by atoms with Crippen LogP contribution in [0.15, 0.2) is 146 Å². The topological polar surface area (TPSA) is 78.9 Å². The third-order valence-electron chi connectivity index (χ3n) is 11.0. The maximum atomic E-state index is 12.8. The molecule has 6 nitrogen and oxygen atoms in total. The Morgan fingerprint density at radius 2 is 0.638 bits per heavy atom. The zero-order valence-electron chi connectivity index (χ0n) is 44.0. The van der Waals surface area contributed by atoms with Crippen LogP contribution in [0, 0.1) is 0 Å². The van der Waals surface area contributed by atoms with Crippen molar-refractivity contribution in [1.82, 2.24) is 0 Å². The van der Waals surface area contributed by atoms with Crippen LogP contribution in [-0.4, -0.2) is 37.2 Å². The molecule has 0 N–H and O–H groups in total. The monoisotopic (exact) mass is 951 g/mol. The fourth-order valence-electron chi connectivity index (χ4n) is 6.88. The lowest BCUT2D eigenvalue weighted by Gasteiger charge is -2.18. The first-order valence-corrected chi connectivity index (χ1v) is 27.4. The molecule has 0 saturated heterocycles. The highest BCUT2D eigenvalue weighted by molar-refractivity contribution is 5.71. The number of esters is 3. The van der Waals surface area contributed by atoms with Gasteiger partial charge in [0.05, 0.1) is 0 Å². The SMILES string of the molecule is CC\C=C/C=C\C=C/C=C\C=C\C=C/C=C\CCCCCC(=O)OCC(COC(=O)CCCCCCCCC/C=C\CCCCCC)OC(=O)CCC/C=C\C/C=C\C/C=C\C/C=C\CCCCC. The fraction of sp³-hybridized carbons (Fsp3) is 0.571. The Labute approximate surface area is 423 Å². The van der Waals surface area contributed by atoms with Gasteiger partial charge in [0.1, 0.15) is 13.2 Å². The van der Waals surface area contributed by atoms with E-state index in [1.165, 1.54) is 89.9 Å². The number of hydrogen-bond acceptors (Lipinski definition) is 6. The fourth-order valence-corrected chi connectivity index (χ4v) is 6.88. The van der Waals surface area contributed by atoms with Crippen LogP contribution >= 0.6 is 0 Å². The quantitative estimate of drug-likeness (QED) is 0.0199. The van der Waals surface area contributed by atoms with Gasteiger partial charge in [-0.2, -0.15) is 0 Å². The molecule has 0 saturated carbocycles. The maximum absolute atomic E-state index is 12.8. The molecule has 0 amide bonds. The molecular weight excluding hydrogens is 853 g/mol. The second-order valence-corrected chi connectivity index (χ2v) is 17.6. The van der Waals surface area contributed by atoms with Gasteiger partial charge in [0, 0.05) is 19.3 Å². The van der Waals surface area contributed by atoms with Crippen molar-refractivity contribution < 1.29 is 28.6 Å². The molecule has 0 bridgehead atoms. The first-order valence-electron chi connectivity index (χ1n) is 27.4. The lowest BCUT2D eigenvalue weighted by atomic mass is 10.1. The van der Waals surface area contributed by atoms with Gasteiger partial charge in [0.15, 0.2) is 6.10 Å². The van der Waals surface area contributed by atoms with E-state index in [4.69, 9.17) is 14.2 Å². The van der Waals surface area contributed by atoms with E-state index in [0.717, 1.165) is 70.6 Å². The molecule has 1 unspecified atom stereocenters. The smallest absolute Gasteiger partial charge is 0.306 e. The van der Waals surface area contributed by atoms with Crippen molar-refractivity contribution in [3.05, 3.63) is 146 Å². The summed E-state index contributed by atoms with van der Waals surface area (Å²) in [5.74, 6) is -1.04. The second-order valence-electron chi connectivity index (χ2n) is 17.6. The number of allylic oxidation sites excluding steroid dienone is 24. The molecule has 0 aromatic carbocycles. The molecule has 0 radical (unpaired) electrons. The van der Waals surface area contributed by atoms with Crippen LogP contribution < -0.4 is 0 Å². The molecule has 69 heavy (non-hydrogen) atoms. The van der Waals surface area contributed by atoms with Crippen molar-refractivity contribution in [3.63, 3.8) is 0 Å². The van der Waals surface area contributed by atoms with Gasteiger partial charge in [-0.3, -0.25) is 14.4 Å². The standard InChI is InChI=1S/C63H98O6/c1-4-7-10-13-16-19-22-25-28-30-31-33-35-38-41-44-47-50-53-56-62(65)68-59-60(58-67-61(64)55-52-49-46-43-40-37-34-27-24-21-18-15-12-9-6-3)69-63(66)57-54-51-48-45-42-39-36-32-29-26-23-20-17-14-11-8-5-2/h7,10,13,16-17,19-22,24-26,28-31,33,35-36,38-39,41,45,48,60H,4-6,8-9,11-12,14-15,18,23,27,32,34,37,40,42-44,46-47,49-59H2,1-3H3/b10-7-,16-13-,20-17-,22-19-,24-21-,28-25-,29-26-,31-30+,35-33-,39-36-,41-38-,48-45-. The highest BCUT2D eigenvalue weighted by Gasteiger charge is 2.19. The van der Waals surface area contributed by atoms with Gasteiger partial charge in [-0.1, -0.05) is 237 Å². The minimum atomic E-state index is -0.834. The first kappa shape index (κ1) is 64.3. The van der Waals surface area contributed by atoms with E-state index in [2.05, 4.69) is 93.7 Å². The summed E-state index contributed by atoms with van der Waals surface area (Å²) in [6.07, 6.45) is 79.7. The molecule has 0 aliphatic heterocycles. The van der Waals surface area contributed by atoms with Gasteiger partial charge in [0.2, 0.25) is 0 Å². The van der Waals surface area contributed by atoms with Gasteiger partial charge in [-0.15, -0.1) is 0 Å². The highest BCUT2D eigenvalue weighted by Crippen LogP contribution is 2.13. The molecule has 0 rings (SSSR count). The van der Waals surface area contributed by atoms with Crippen molar-refractivity contribution >= 4 is 17.9 Å². The lowest BCUT2D eigenvalue weighted by Crippen LogP contribution is -2.30. The first-order chi connectivity index (χ1) is 34.0. The number of rotatable bonds is 47. The van der Waals surface area contributed by atoms with Crippen LogP contribution in [0.5, 0.6) is 0 Å². The van der Waals surface area contributed by atoms with E-state index in [1.807, 2.05) is 72.9 Å². The zero-order chi connectivity index (χ0) is 50.0. The number of ether oxygens (including phenoxy) is 3. The van der Waals surface area contributed by atoms with Crippen molar-refractivity contribution in [1.29, 1.82) is 0 Å². The average Bonchev–Trinajstić information content (AvgIpc) is 3.35. The molecule has 0 aliphatic rings. The van der Waals surface area contributed by atoms with Gasteiger partial charge < -0.3 is 14.2 Å². The third kappa shape index (κ3) is 54.1. The van der Waals surface area contributed by atoms with Gasteiger partial charge >= 0.3 is 17.9 Å². The molecule has 386 valence electrons.